The van der Waals surface area contributed by atoms with Crippen LogP contribution in [0, 0.1) is 28.1 Å². The van der Waals surface area contributed by atoms with Crippen LogP contribution >= 0.6 is 0 Å². The first-order chi connectivity index (χ1) is 10.3. The molecule has 4 aliphatic rings. The Hall–Kier alpha value is -0.610. The summed E-state index contributed by atoms with van der Waals surface area (Å²) < 4.78 is 11.9. The maximum atomic E-state index is 13.2. The minimum Gasteiger partial charge on any atom is -0.459 e. The minimum atomic E-state index is -0.960. The quantitative estimate of drug-likeness (QED) is 0.790. The van der Waals surface area contributed by atoms with Gasteiger partial charge >= 0.3 is 5.97 Å². The van der Waals surface area contributed by atoms with Gasteiger partial charge < -0.3 is 14.6 Å². The van der Waals surface area contributed by atoms with Crippen LogP contribution in [0.5, 0.6) is 0 Å². The molecule has 2 heterocycles. The van der Waals surface area contributed by atoms with E-state index in [1.165, 1.54) is 0 Å². The molecule has 0 radical (unpaired) electrons. The standard InChI is InChI=1S/C19H32O4/c1-16(2,3)18(7,17(4,5)6)15(20)22-13-11-8-12-10-19(21,9-11)23-14(12)13/h11-14,21H,8-10H2,1-7H3. The predicted molar refractivity (Wildman–Crippen MR) is 87.6 cm³/mol. The molecule has 5 unspecified atom stereocenters. The van der Waals surface area contributed by atoms with Gasteiger partial charge in [-0.2, -0.15) is 0 Å². The van der Waals surface area contributed by atoms with Gasteiger partial charge in [0.2, 0.25) is 0 Å². The van der Waals surface area contributed by atoms with Crippen LogP contribution in [0.2, 0.25) is 0 Å². The van der Waals surface area contributed by atoms with Gasteiger partial charge in [0.15, 0.2) is 5.79 Å². The van der Waals surface area contributed by atoms with Crippen LogP contribution in [-0.2, 0) is 14.3 Å². The molecule has 4 nitrogen and oxygen atoms in total. The van der Waals surface area contributed by atoms with Gasteiger partial charge in [0, 0.05) is 18.8 Å². The largest absolute Gasteiger partial charge is 0.459 e. The number of rotatable bonds is 2. The fourth-order valence-corrected chi connectivity index (χ4v) is 5.15. The number of hydrogen-bond acceptors (Lipinski definition) is 4. The molecule has 0 aromatic heterocycles. The van der Waals surface area contributed by atoms with E-state index in [0.29, 0.717) is 18.8 Å². The van der Waals surface area contributed by atoms with Crippen molar-refractivity contribution in [1.82, 2.24) is 0 Å². The lowest BCUT2D eigenvalue weighted by atomic mass is 9.55. The summed E-state index contributed by atoms with van der Waals surface area (Å²) in [4.78, 5) is 13.2. The summed E-state index contributed by atoms with van der Waals surface area (Å²) in [6, 6.07) is 0. The van der Waals surface area contributed by atoms with E-state index in [0.717, 1.165) is 6.42 Å². The summed E-state index contributed by atoms with van der Waals surface area (Å²) in [6.07, 6.45) is 1.98. The second-order valence-electron chi connectivity index (χ2n) is 10.2. The Bertz CT molecular complexity index is 494. The Morgan fingerprint density at radius 3 is 2.04 bits per heavy atom. The maximum Gasteiger partial charge on any atom is 0.313 e. The third-order valence-corrected chi connectivity index (χ3v) is 7.03. The lowest BCUT2D eigenvalue weighted by Gasteiger charge is -2.50. The van der Waals surface area contributed by atoms with Gasteiger partial charge in [-0.15, -0.1) is 0 Å². The Morgan fingerprint density at radius 2 is 1.57 bits per heavy atom. The third-order valence-electron chi connectivity index (χ3n) is 7.03. The maximum absolute atomic E-state index is 13.2. The molecule has 4 bridgehead atoms. The van der Waals surface area contributed by atoms with Crippen molar-refractivity contribution in [2.75, 3.05) is 0 Å². The van der Waals surface area contributed by atoms with E-state index in [1.54, 1.807) is 0 Å². The topological polar surface area (TPSA) is 55.8 Å². The highest BCUT2D eigenvalue weighted by Gasteiger charge is 2.64. The molecule has 0 amide bonds. The second kappa shape index (κ2) is 4.72. The highest BCUT2D eigenvalue weighted by Crippen LogP contribution is 2.58. The van der Waals surface area contributed by atoms with Crippen molar-refractivity contribution in [2.24, 2.45) is 28.1 Å². The van der Waals surface area contributed by atoms with Crippen LogP contribution in [-0.4, -0.2) is 29.1 Å². The zero-order valence-electron chi connectivity index (χ0n) is 15.6. The molecule has 0 aromatic rings. The van der Waals surface area contributed by atoms with Gasteiger partial charge in [-0.1, -0.05) is 41.5 Å². The number of ether oxygens (including phenoxy) is 2. The molecule has 2 aliphatic carbocycles. The summed E-state index contributed by atoms with van der Waals surface area (Å²) in [5, 5.41) is 10.3. The molecule has 23 heavy (non-hydrogen) atoms. The van der Waals surface area contributed by atoms with Crippen LogP contribution in [0.3, 0.4) is 0 Å². The number of carbonyl (C=O) groups is 1. The van der Waals surface area contributed by atoms with Crippen molar-refractivity contribution in [1.29, 1.82) is 0 Å². The fourth-order valence-electron chi connectivity index (χ4n) is 5.15. The van der Waals surface area contributed by atoms with E-state index < -0.39 is 11.2 Å². The van der Waals surface area contributed by atoms with E-state index in [9.17, 15) is 9.90 Å². The van der Waals surface area contributed by atoms with Gasteiger partial charge in [-0.3, -0.25) is 4.79 Å². The normalized spacial score (nSPS) is 39.8. The fraction of sp³-hybridized carbons (Fsp3) is 0.947. The smallest absolute Gasteiger partial charge is 0.313 e. The van der Waals surface area contributed by atoms with Crippen LogP contribution in [0.4, 0.5) is 0 Å². The van der Waals surface area contributed by atoms with Gasteiger partial charge in [0.05, 0.1) is 5.41 Å². The molecule has 0 aromatic carbocycles. The van der Waals surface area contributed by atoms with Crippen molar-refractivity contribution in [3.8, 4) is 0 Å². The predicted octanol–water partition coefficient (Wildman–Crippen LogP) is 3.51. The lowest BCUT2D eigenvalue weighted by molar-refractivity contribution is -0.257. The summed E-state index contributed by atoms with van der Waals surface area (Å²) in [6.45, 7) is 14.6. The third kappa shape index (κ3) is 2.36. The van der Waals surface area contributed by atoms with Crippen molar-refractivity contribution in [2.45, 2.75) is 85.7 Å². The highest BCUT2D eigenvalue weighted by atomic mass is 16.7. The summed E-state index contributed by atoms with van der Waals surface area (Å²) in [7, 11) is 0. The first-order valence-electron chi connectivity index (χ1n) is 8.90. The molecule has 4 heteroatoms. The highest BCUT2D eigenvalue weighted by molar-refractivity contribution is 5.78. The van der Waals surface area contributed by atoms with Crippen molar-refractivity contribution >= 4 is 5.97 Å². The van der Waals surface area contributed by atoms with Crippen molar-refractivity contribution in [3.05, 3.63) is 0 Å². The summed E-state index contributed by atoms with van der Waals surface area (Å²) in [5.41, 5.74) is -1.02. The van der Waals surface area contributed by atoms with Crippen molar-refractivity contribution < 1.29 is 19.4 Å². The van der Waals surface area contributed by atoms with Gasteiger partial charge in [0.1, 0.15) is 12.2 Å². The average Bonchev–Trinajstić information content (AvgIpc) is 2.72. The Labute approximate surface area is 139 Å². The molecular formula is C19H32O4. The molecule has 4 fully saturated rings. The summed E-state index contributed by atoms with van der Waals surface area (Å²) >= 11 is 0. The Balaban J connectivity index is 1.82. The summed E-state index contributed by atoms with van der Waals surface area (Å²) in [5.74, 6) is -0.509. The number of esters is 1. The van der Waals surface area contributed by atoms with Crippen LogP contribution in [0.15, 0.2) is 0 Å². The minimum absolute atomic E-state index is 0.119. The van der Waals surface area contributed by atoms with Crippen molar-refractivity contribution in [3.63, 3.8) is 0 Å². The number of aliphatic hydroxyl groups is 1. The lowest BCUT2D eigenvalue weighted by Crippen LogP contribution is -2.53. The Kier molecular flexibility index (Phi) is 3.54. The number of carbonyl (C=O) groups excluding carboxylic acids is 1. The molecule has 2 saturated carbocycles. The molecule has 5 atom stereocenters. The van der Waals surface area contributed by atoms with E-state index in [2.05, 4.69) is 41.5 Å². The molecular weight excluding hydrogens is 292 g/mol. The molecule has 132 valence electrons. The van der Waals surface area contributed by atoms with Crippen LogP contribution in [0.1, 0.15) is 67.7 Å². The van der Waals surface area contributed by atoms with E-state index in [1.807, 2.05) is 6.92 Å². The van der Waals surface area contributed by atoms with E-state index >= 15 is 0 Å². The monoisotopic (exact) mass is 324 g/mol. The SMILES string of the molecule is CC(C)(C)C(C)(C(=O)OC1C2CC3CC(O)(C2)OC31)C(C)(C)C. The molecule has 2 saturated heterocycles. The average molecular weight is 324 g/mol. The molecule has 0 spiro atoms. The first-order valence-corrected chi connectivity index (χ1v) is 8.90. The Morgan fingerprint density at radius 1 is 1.04 bits per heavy atom. The first kappa shape index (κ1) is 17.2. The number of hydrogen-bond donors (Lipinski definition) is 1. The van der Waals surface area contributed by atoms with Gasteiger partial charge in [-0.05, 0) is 30.1 Å². The van der Waals surface area contributed by atoms with E-state index in [4.69, 9.17) is 9.47 Å². The van der Waals surface area contributed by atoms with Crippen LogP contribution < -0.4 is 0 Å². The zero-order valence-corrected chi connectivity index (χ0v) is 15.6. The zero-order chi connectivity index (χ0) is 17.4. The van der Waals surface area contributed by atoms with Gasteiger partial charge in [-0.25, -0.2) is 0 Å². The second-order valence-corrected chi connectivity index (χ2v) is 10.2. The van der Waals surface area contributed by atoms with Gasteiger partial charge in [0.25, 0.3) is 0 Å². The molecule has 4 rings (SSSR count). The van der Waals surface area contributed by atoms with Crippen LogP contribution in [0.25, 0.3) is 0 Å². The van der Waals surface area contributed by atoms with E-state index in [-0.39, 0.29) is 34.9 Å². The molecule has 1 N–H and O–H groups in total. The molecule has 2 aliphatic heterocycles.